The Labute approximate surface area is 152 Å². The molecule has 0 atom stereocenters. The zero-order valence-electron chi connectivity index (χ0n) is 13.9. The van der Waals surface area contributed by atoms with E-state index in [2.05, 4.69) is 22.1 Å². The first-order valence-electron chi connectivity index (χ1n) is 7.94. The lowest BCUT2D eigenvalue weighted by molar-refractivity contribution is 1.32. The first kappa shape index (κ1) is 16.8. The fourth-order valence-corrected chi connectivity index (χ4v) is 2.44. The predicted octanol–water partition coefficient (Wildman–Crippen LogP) is 4.60. The van der Waals surface area contributed by atoms with Crippen LogP contribution in [0.5, 0.6) is 0 Å². The van der Waals surface area contributed by atoms with Crippen molar-refractivity contribution in [2.75, 3.05) is 0 Å². The Morgan fingerprint density at radius 2 is 0.962 bits per heavy atom. The molecule has 3 rings (SSSR count). The predicted molar refractivity (Wildman–Crippen MR) is 102 cm³/mol. The van der Waals surface area contributed by atoms with Gasteiger partial charge in [0.1, 0.15) is 0 Å². The molecule has 0 amide bonds. The van der Waals surface area contributed by atoms with Crippen LogP contribution in [0.3, 0.4) is 0 Å². The molecule has 122 valence electrons. The van der Waals surface area contributed by atoms with Crippen molar-refractivity contribution in [3.05, 3.63) is 95.6 Å². The minimum Gasteiger partial charge on any atom is -0.265 e. The maximum Gasteiger partial charge on any atom is 0.0998 e. The second-order valence-electron chi connectivity index (χ2n) is 5.48. The standard InChI is InChI=1S/C22H14N4/c23-15-21(13-17-5-9-25-10-6-17)19-1-2-20(4-3-19)22(16-24)14-18-7-11-26-12-8-18/h1-14H/b21-13+,22-14+. The molecule has 0 N–H and O–H groups in total. The highest BCUT2D eigenvalue weighted by Crippen LogP contribution is 2.22. The first-order valence-corrected chi connectivity index (χ1v) is 7.94. The summed E-state index contributed by atoms with van der Waals surface area (Å²) in [5.74, 6) is 0. The molecule has 2 heterocycles. The molecule has 0 fully saturated rings. The molecule has 0 unspecified atom stereocenters. The van der Waals surface area contributed by atoms with Crippen LogP contribution < -0.4 is 0 Å². The molecule has 26 heavy (non-hydrogen) atoms. The normalized spacial score (nSPS) is 11.5. The van der Waals surface area contributed by atoms with E-state index in [0.717, 1.165) is 22.3 Å². The third-order valence-corrected chi connectivity index (χ3v) is 3.78. The molecule has 0 radical (unpaired) electrons. The fourth-order valence-electron chi connectivity index (χ4n) is 2.44. The molecular weight excluding hydrogens is 320 g/mol. The summed E-state index contributed by atoms with van der Waals surface area (Å²) in [6.45, 7) is 0. The molecule has 1 aromatic carbocycles. The van der Waals surface area contributed by atoms with E-state index in [1.807, 2.05) is 60.7 Å². The fraction of sp³-hybridized carbons (Fsp3) is 0. The Kier molecular flexibility index (Phi) is 5.30. The van der Waals surface area contributed by atoms with E-state index in [1.54, 1.807) is 24.8 Å². The molecular formula is C22H14N4. The Morgan fingerprint density at radius 1 is 0.615 bits per heavy atom. The maximum absolute atomic E-state index is 9.46. The molecule has 0 spiro atoms. The van der Waals surface area contributed by atoms with E-state index in [4.69, 9.17) is 0 Å². The zero-order chi connectivity index (χ0) is 18.2. The molecule has 2 aromatic heterocycles. The van der Waals surface area contributed by atoms with Crippen LogP contribution in [0.4, 0.5) is 0 Å². The topological polar surface area (TPSA) is 73.4 Å². The summed E-state index contributed by atoms with van der Waals surface area (Å²) in [5.41, 5.74) is 4.54. The molecule has 0 aliphatic heterocycles. The van der Waals surface area contributed by atoms with E-state index in [-0.39, 0.29) is 0 Å². The molecule has 0 saturated heterocycles. The van der Waals surface area contributed by atoms with Crippen LogP contribution in [-0.4, -0.2) is 9.97 Å². The third kappa shape index (κ3) is 4.08. The Balaban J connectivity index is 1.90. The second-order valence-corrected chi connectivity index (χ2v) is 5.48. The van der Waals surface area contributed by atoms with Gasteiger partial charge in [0.2, 0.25) is 0 Å². The number of hydrogen-bond donors (Lipinski definition) is 0. The minimum atomic E-state index is 0.555. The van der Waals surface area contributed by atoms with Gasteiger partial charge >= 0.3 is 0 Å². The van der Waals surface area contributed by atoms with Crippen molar-refractivity contribution in [1.82, 2.24) is 9.97 Å². The van der Waals surface area contributed by atoms with Gasteiger partial charge in [-0.2, -0.15) is 10.5 Å². The zero-order valence-corrected chi connectivity index (χ0v) is 13.9. The summed E-state index contributed by atoms with van der Waals surface area (Å²) in [4.78, 5) is 7.95. The number of aromatic nitrogens is 2. The van der Waals surface area contributed by atoms with Gasteiger partial charge in [0.25, 0.3) is 0 Å². The van der Waals surface area contributed by atoms with Crippen LogP contribution in [0.2, 0.25) is 0 Å². The van der Waals surface area contributed by atoms with Gasteiger partial charge in [0, 0.05) is 24.8 Å². The quantitative estimate of drug-likeness (QED) is 0.653. The Hall–Kier alpha value is -4.02. The van der Waals surface area contributed by atoms with Crippen molar-refractivity contribution in [3.63, 3.8) is 0 Å². The van der Waals surface area contributed by atoms with Crippen molar-refractivity contribution >= 4 is 23.3 Å². The smallest absolute Gasteiger partial charge is 0.0998 e. The Morgan fingerprint density at radius 3 is 1.27 bits per heavy atom. The van der Waals surface area contributed by atoms with Gasteiger partial charge in [-0.1, -0.05) is 24.3 Å². The van der Waals surface area contributed by atoms with E-state index < -0.39 is 0 Å². The van der Waals surface area contributed by atoms with Gasteiger partial charge in [-0.25, -0.2) is 0 Å². The maximum atomic E-state index is 9.46. The van der Waals surface area contributed by atoms with E-state index in [0.29, 0.717) is 11.1 Å². The first-order chi connectivity index (χ1) is 12.8. The third-order valence-electron chi connectivity index (χ3n) is 3.78. The van der Waals surface area contributed by atoms with Gasteiger partial charge in [-0.3, -0.25) is 9.97 Å². The number of nitrogens with zero attached hydrogens (tertiary/aromatic N) is 4. The summed E-state index contributed by atoms with van der Waals surface area (Å²) >= 11 is 0. The second kappa shape index (κ2) is 8.19. The van der Waals surface area contributed by atoms with Crippen LogP contribution in [0, 0.1) is 22.7 Å². The number of pyridine rings is 2. The van der Waals surface area contributed by atoms with Crippen molar-refractivity contribution in [1.29, 1.82) is 10.5 Å². The largest absolute Gasteiger partial charge is 0.265 e. The molecule has 3 aromatic rings. The summed E-state index contributed by atoms with van der Waals surface area (Å²) in [6.07, 6.45) is 10.4. The molecule has 0 bridgehead atoms. The number of nitriles is 2. The van der Waals surface area contributed by atoms with Crippen molar-refractivity contribution in [3.8, 4) is 12.1 Å². The summed E-state index contributed by atoms with van der Waals surface area (Å²) < 4.78 is 0. The van der Waals surface area contributed by atoms with Crippen LogP contribution in [0.25, 0.3) is 23.3 Å². The van der Waals surface area contributed by atoms with E-state index in [1.165, 1.54) is 0 Å². The van der Waals surface area contributed by atoms with Gasteiger partial charge in [0.15, 0.2) is 0 Å². The number of rotatable bonds is 4. The number of hydrogen-bond acceptors (Lipinski definition) is 4. The molecule has 0 aliphatic carbocycles. The minimum absolute atomic E-state index is 0.555. The number of benzene rings is 1. The van der Waals surface area contributed by atoms with E-state index >= 15 is 0 Å². The average molecular weight is 334 g/mol. The van der Waals surface area contributed by atoms with E-state index in [9.17, 15) is 10.5 Å². The van der Waals surface area contributed by atoms with Crippen LogP contribution in [0.1, 0.15) is 22.3 Å². The Bertz CT molecular complexity index is 933. The van der Waals surface area contributed by atoms with Gasteiger partial charge < -0.3 is 0 Å². The molecule has 0 saturated carbocycles. The average Bonchev–Trinajstić information content (AvgIpc) is 2.72. The van der Waals surface area contributed by atoms with Crippen molar-refractivity contribution in [2.45, 2.75) is 0 Å². The highest BCUT2D eigenvalue weighted by Gasteiger charge is 2.05. The van der Waals surface area contributed by atoms with Crippen LogP contribution in [-0.2, 0) is 0 Å². The monoisotopic (exact) mass is 334 g/mol. The lowest BCUT2D eigenvalue weighted by Gasteiger charge is -2.03. The van der Waals surface area contributed by atoms with Gasteiger partial charge in [-0.15, -0.1) is 0 Å². The molecule has 0 aliphatic rings. The highest BCUT2D eigenvalue weighted by molar-refractivity contribution is 5.92. The lowest BCUT2D eigenvalue weighted by atomic mass is 9.99. The van der Waals surface area contributed by atoms with Crippen LogP contribution in [0.15, 0.2) is 73.3 Å². The molecule has 4 nitrogen and oxygen atoms in total. The van der Waals surface area contributed by atoms with Crippen LogP contribution >= 0.6 is 0 Å². The van der Waals surface area contributed by atoms with Gasteiger partial charge in [0.05, 0.1) is 23.3 Å². The summed E-state index contributed by atoms with van der Waals surface area (Å²) in [6, 6.07) is 19.2. The SMILES string of the molecule is N#C/C(=C\c1ccncc1)c1ccc(/C(C#N)=C/c2ccncc2)cc1. The summed E-state index contributed by atoms with van der Waals surface area (Å²) in [7, 11) is 0. The van der Waals surface area contributed by atoms with Crippen molar-refractivity contribution in [2.24, 2.45) is 0 Å². The van der Waals surface area contributed by atoms with Crippen molar-refractivity contribution < 1.29 is 0 Å². The molecule has 4 heteroatoms. The summed E-state index contributed by atoms with van der Waals surface area (Å²) in [5, 5.41) is 18.9. The van der Waals surface area contributed by atoms with Gasteiger partial charge in [-0.05, 0) is 58.7 Å². The number of allylic oxidation sites excluding steroid dienone is 2. The lowest BCUT2D eigenvalue weighted by Crippen LogP contribution is -1.86. The highest BCUT2D eigenvalue weighted by atomic mass is 14.6.